The van der Waals surface area contributed by atoms with Crippen LogP contribution in [0.3, 0.4) is 0 Å². The Hall–Kier alpha value is -0.830. The number of aliphatic hydroxyl groups is 1. The van der Waals surface area contributed by atoms with E-state index in [-0.39, 0.29) is 6.73 Å². The molecule has 3 heteroatoms. The predicted molar refractivity (Wildman–Crippen MR) is 42.1 cm³/mol. The maximum atomic E-state index is 8.79. The van der Waals surface area contributed by atoms with Crippen LogP contribution in [-0.2, 0) is 6.73 Å². The van der Waals surface area contributed by atoms with Gasteiger partial charge in [-0.15, -0.1) is 0 Å². The second-order valence-electron chi connectivity index (χ2n) is 2.91. The Kier molecular flexibility index (Phi) is 2.29. The number of nitrogens with zero attached hydrogens (tertiary/aromatic N) is 2. The van der Waals surface area contributed by atoms with E-state index in [1.807, 2.05) is 6.92 Å². The summed E-state index contributed by atoms with van der Waals surface area (Å²) in [6.45, 7) is 6.05. The molecule has 0 aromatic carbocycles. The number of aromatic nitrogens is 2. The van der Waals surface area contributed by atoms with Gasteiger partial charge in [-0.05, 0) is 12.8 Å². The molecule has 0 fully saturated rings. The van der Waals surface area contributed by atoms with Crippen molar-refractivity contribution in [2.75, 3.05) is 0 Å². The molecule has 1 N–H and O–H groups in total. The standard InChI is InChI=1S/C8H13N2O/c1-6(2)8-4-9-10(5-11)7(8)3/h6,11H,5H2,1-3H3. The van der Waals surface area contributed by atoms with Crippen molar-refractivity contribution in [2.45, 2.75) is 33.4 Å². The van der Waals surface area contributed by atoms with E-state index in [1.165, 1.54) is 4.68 Å². The van der Waals surface area contributed by atoms with Gasteiger partial charge in [-0.3, -0.25) is 0 Å². The second kappa shape index (κ2) is 3.05. The molecule has 0 amide bonds. The number of hydrogen-bond acceptors (Lipinski definition) is 2. The van der Waals surface area contributed by atoms with E-state index in [2.05, 4.69) is 25.1 Å². The van der Waals surface area contributed by atoms with Gasteiger partial charge in [0.05, 0.1) is 0 Å². The van der Waals surface area contributed by atoms with Gasteiger partial charge in [-0.2, -0.15) is 5.10 Å². The molecule has 0 saturated heterocycles. The minimum absolute atomic E-state index is 0.0605. The second-order valence-corrected chi connectivity index (χ2v) is 2.91. The first-order valence-electron chi connectivity index (χ1n) is 3.72. The van der Waals surface area contributed by atoms with Crippen molar-refractivity contribution < 1.29 is 5.11 Å². The molecule has 61 valence electrons. The number of rotatable bonds is 2. The van der Waals surface area contributed by atoms with Crippen LogP contribution in [0.5, 0.6) is 0 Å². The van der Waals surface area contributed by atoms with Gasteiger partial charge in [0.1, 0.15) is 12.9 Å². The number of hydrogen-bond donors (Lipinski definition) is 1. The van der Waals surface area contributed by atoms with E-state index in [1.54, 1.807) is 0 Å². The van der Waals surface area contributed by atoms with E-state index < -0.39 is 0 Å². The van der Waals surface area contributed by atoms with Gasteiger partial charge in [0, 0.05) is 11.3 Å². The van der Waals surface area contributed by atoms with Crippen LogP contribution >= 0.6 is 0 Å². The van der Waals surface area contributed by atoms with Gasteiger partial charge in [-0.25, -0.2) is 4.68 Å². The highest BCUT2D eigenvalue weighted by Gasteiger charge is 2.08. The first kappa shape index (κ1) is 8.27. The molecule has 1 heterocycles. The molecule has 1 aromatic rings. The third-order valence-corrected chi connectivity index (χ3v) is 1.78. The molecule has 0 atom stereocenters. The minimum Gasteiger partial charge on any atom is -0.374 e. The molecule has 0 spiro atoms. The summed E-state index contributed by atoms with van der Waals surface area (Å²) >= 11 is 0. The zero-order valence-electron chi connectivity index (χ0n) is 7.13. The van der Waals surface area contributed by atoms with E-state index >= 15 is 0 Å². The van der Waals surface area contributed by atoms with Crippen LogP contribution in [0, 0.1) is 13.1 Å². The van der Waals surface area contributed by atoms with Crippen molar-refractivity contribution in [3.05, 3.63) is 17.5 Å². The Balaban J connectivity index is 3.00. The molecular weight excluding hydrogens is 140 g/mol. The summed E-state index contributed by atoms with van der Waals surface area (Å²) in [7, 11) is 0. The van der Waals surface area contributed by atoms with Gasteiger partial charge in [0.2, 0.25) is 0 Å². The van der Waals surface area contributed by atoms with Crippen molar-refractivity contribution in [1.82, 2.24) is 9.78 Å². The van der Waals surface area contributed by atoms with Crippen LogP contribution in [0.25, 0.3) is 0 Å². The third kappa shape index (κ3) is 1.43. The number of aliphatic hydroxyl groups excluding tert-OH is 1. The van der Waals surface area contributed by atoms with Gasteiger partial charge in [0.25, 0.3) is 0 Å². The Bertz CT molecular complexity index is 240. The Morgan fingerprint density at radius 3 is 2.55 bits per heavy atom. The molecule has 0 aliphatic carbocycles. The molecule has 0 saturated carbocycles. The first-order chi connectivity index (χ1) is 5.16. The molecule has 3 nitrogen and oxygen atoms in total. The normalized spacial score (nSPS) is 11.0. The Morgan fingerprint density at radius 2 is 2.27 bits per heavy atom. The fourth-order valence-corrected chi connectivity index (χ4v) is 1.09. The van der Waals surface area contributed by atoms with Gasteiger partial charge in [-0.1, -0.05) is 13.8 Å². The van der Waals surface area contributed by atoms with Crippen LogP contribution in [-0.4, -0.2) is 14.9 Å². The lowest BCUT2D eigenvalue weighted by molar-refractivity contribution is 0.192. The summed E-state index contributed by atoms with van der Waals surface area (Å²) in [6, 6.07) is 0. The molecule has 0 unspecified atom stereocenters. The van der Waals surface area contributed by atoms with Crippen molar-refractivity contribution in [3.63, 3.8) is 0 Å². The highest BCUT2D eigenvalue weighted by Crippen LogP contribution is 2.16. The SMILES string of the molecule is Cc1c(C(C)C)[c]nn1CO. The lowest BCUT2D eigenvalue weighted by Crippen LogP contribution is -2.01. The monoisotopic (exact) mass is 153 g/mol. The van der Waals surface area contributed by atoms with Gasteiger partial charge >= 0.3 is 0 Å². The third-order valence-electron chi connectivity index (χ3n) is 1.78. The molecule has 0 bridgehead atoms. The Labute approximate surface area is 66.7 Å². The van der Waals surface area contributed by atoms with Crippen molar-refractivity contribution in [1.29, 1.82) is 0 Å². The molecular formula is C8H13N2O. The summed E-state index contributed by atoms with van der Waals surface area (Å²) in [6.07, 6.45) is 2.88. The summed E-state index contributed by atoms with van der Waals surface area (Å²) in [4.78, 5) is 0. The largest absolute Gasteiger partial charge is 0.374 e. The summed E-state index contributed by atoms with van der Waals surface area (Å²) < 4.78 is 1.54. The van der Waals surface area contributed by atoms with Crippen molar-refractivity contribution >= 4 is 0 Å². The maximum Gasteiger partial charge on any atom is 0.136 e. The molecule has 11 heavy (non-hydrogen) atoms. The first-order valence-corrected chi connectivity index (χ1v) is 3.72. The fourth-order valence-electron chi connectivity index (χ4n) is 1.09. The highest BCUT2D eigenvalue weighted by molar-refractivity contribution is 5.18. The van der Waals surface area contributed by atoms with E-state index in [4.69, 9.17) is 5.11 Å². The lowest BCUT2D eigenvalue weighted by Gasteiger charge is -2.03. The van der Waals surface area contributed by atoms with Crippen LogP contribution in [0.15, 0.2) is 0 Å². The van der Waals surface area contributed by atoms with Gasteiger partial charge < -0.3 is 5.11 Å². The molecule has 1 aromatic heterocycles. The molecule has 1 radical (unpaired) electrons. The summed E-state index contributed by atoms with van der Waals surface area (Å²) in [5.41, 5.74) is 2.08. The van der Waals surface area contributed by atoms with E-state index in [9.17, 15) is 0 Å². The summed E-state index contributed by atoms with van der Waals surface area (Å²) in [5, 5.41) is 12.7. The van der Waals surface area contributed by atoms with Crippen LogP contribution < -0.4 is 0 Å². The van der Waals surface area contributed by atoms with E-state index in [0.29, 0.717) is 5.92 Å². The highest BCUT2D eigenvalue weighted by atomic mass is 16.3. The topological polar surface area (TPSA) is 38.0 Å². The maximum absolute atomic E-state index is 8.79. The van der Waals surface area contributed by atoms with Crippen LogP contribution in [0.1, 0.15) is 31.0 Å². The minimum atomic E-state index is -0.0605. The van der Waals surface area contributed by atoms with E-state index in [0.717, 1.165) is 11.3 Å². The average molecular weight is 153 g/mol. The van der Waals surface area contributed by atoms with Crippen molar-refractivity contribution in [3.8, 4) is 0 Å². The predicted octanol–water partition coefficient (Wildman–Crippen LogP) is 1.06. The fraction of sp³-hybridized carbons (Fsp3) is 0.625. The zero-order chi connectivity index (χ0) is 8.43. The van der Waals surface area contributed by atoms with Crippen molar-refractivity contribution in [2.24, 2.45) is 0 Å². The average Bonchev–Trinajstić information content (AvgIpc) is 2.30. The molecule has 0 aliphatic heterocycles. The summed E-state index contributed by atoms with van der Waals surface area (Å²) in [5.74, 6) is 0.426. The Morgan fingerprint density at radius 1 is 1.64 bits per heavy atom. The van der Waals surface area contributed by atoms with Gasteiger partial charge in [0.15, 0.2) is 0 Å². The molecule has 0 aliphatic rings. The lowest BCUT2D eigenvalue weighted by atomic mass is 10.1. The zero-order valence-corrected chi connectivity index (χ0v) is 7.13. The smallest absolute Gasteiger partial charge is 0.136 e. The molecule has 1 rings (SSSR count). The quantitative estimate of drug-likeness (QED) is 0.690. The van der Waals surface area contributed by atoms with Crippen LogP contribution in [0.4, 0.5) is 0 Å². The van der Waals surface area contributed by atoms with Crippen LogP contribution in [0.2, 0.25) is 0 Å².